The molecule has 9 heteroatoms. The van der Waals surface area contributed by atoms with Gasteiger partial charge in [-0.3, -0.25) is 9.59 Å². The van der Waals surface area contributed by atoms with Crippen LogP contribution in [-0.2, 0) is 24.4 Å². The Balaban J connectivity index is 1.66. The summed E-state index contributed by atoms with van der Waals surface area (Å²) in [7, 11) is 1.70. The van der Waals surface area contributed by atoms with Crippen molar-refractivity contribution in [1.82, 2.24) is 9.47 Å². The molecule has 1 amide bonds. The summed E-state index contributed by atoms with van der Waals surface area (Å²) >= 11 is 13.1. The number of carbonyl (C=O) groups excluding carboxylic acids is 2. The highest BCUT2D eigenvalue weighted by atomic mass is 35.5. The van der Waals surface area contributed by atoms with Crippen LogP contribution in [0.15, 0.2) is 30.3 Å². The highest BCUT2D eigenvalue weighted by molar-refractivity contribution is 6.38. The van der Waals surface area contributed by atoms with E-state index in [1.807, 2.05) is 6.07 Å². The van der Waals surface area contributed by atoms with Gasteiger partial charge in [0.2, 0.25) is 0 Å². The molecule has 0 saturated carbocycles. The molecule has 1 aromatic heterocycles. The fourth-order valence-electron chi connectivity index (χ4n) is 4.76. The lowest BCUT2D eigenvalue weighted by Crippen LogP contribution is -2.40. The second kappa shape index (κ2) is 9.51. The van der Waals surface area contributed by atoms with Gasteiger partial charge in [-0.05, 0) is 68.1 Å². The maximum atomic E-state index is 13.3. The van der Waals surface area contributed by atoms with Crippen molar-refractivity contribution in [2.75, 3.05) is 13.1 Å². The molecule has 1 saturated heterocycles. The SMILES string of the molecule is CC(=O)C1CCN(C(=O)c2ccc(Cl)c(Cc3cc4c(C)cc(C(F)(F)F)cc4n3C)c2Cl)CC1. The van der Waals surface area contributed by atoms with Crippen LogP contribution >= 0.6 is 23.2 Å². The van der Waals surface area contributed by atoms with E-state index in [2.05, 4.69) is 0 Å². The van der Waals surface area contributed by atoms with Gasteiger partial charge in [-0.2, -0.15) is 13.2 Å². The summed E-state index contributed by atoms with van der Waals surface area (Å²) in [6, 6.07) is 7.32. The van der Waals surface area contributed by atoms with Crippen molar-refractivity contribution in [2.24, 2.45) is 13.0 Å². The van der Waals surface area contributed by atoms with Crippen molar-refractivity contribution in [3.05, 3.63) is 68.3 Å². The molecule has 0 aliphatic carbocycles. The number of carbonyl (C=O) groups is 2. The van der Waals surface area contributed by atoms with Gasteiger partial charge in [0.1, 0.15) is 5.78 Å². The summed E-state index contributed by atoms with van der Waals surface area (Å²) in [5.41, 5.74) is 1.86. The maximum absolute atomic E-state index is 13.3. The average molecular weight is 525 g/mol. The summed E-state index contributed by atoms with van der Waals surface area (Å²) < 4.78 is 41.7. The van der Waals surface area contributed by atoms with Crippen LogP contribution in [-0.4, -0.2) is 34.2 Å². The zero-order chi connectivity index (χ0) is 25.7. The standard InChI is InChI=1S/C26H25Cl2F3N2O2/c1-14-10-17(26(29,30)31)11-23-20(14)12-18(32(23)3)13-21-22(27)5-4-19(24(21)28)25(35)33-8-6-16(7-9-33)15(2)34/h4-5,10-12,16H,6-9,13H2,1-3H3. The quantitative estimate of drug-likeness (QED) is 0.374. The van der Waals surface area contributed by atoms with E-state index in [9.17, 15) is 22.8 Å². The molecule has 2 heterocycles. The number of nitrogens with zero attached hydrogens (tertiary/aromatic N) is 2. The minimum atomic E-state index is -4.44. The van der Waals surface area contributed by atoms with Crippen molar-refractivity contribution >= 4 is 45.8 Å². The number of likely N-dealkylation sites (tertiary alicyclic amines) is 1. The molecule has 0 spiro atoms. The second-order valence-electron chi connectivity index (χ2n) is 9.16. The van der Waals surface area contributed by atoms with Crippen LogP contribution in [0.5, 0.6) is 0 Å². The monoisotopic (exact) mass is 524 g/mol. The highest BCUT2D eigenvalue weighted by Gasteiger charge is 2.32. The number of amides is 1. The number of ketones is 1. The Morgan fingerprint density at radius 1 is 1.09 bits per heavy atom. The summed E-state index contributed by atoms with van der Waals surface area (Å²) in [5.74, 6) is -0.114. The van der Waals surface area contributed by atoms with Crippen molar-refractivity contribution in [3.63, 3.8) is 0 Å². The van der Waals surface area contributed by atoms with Crippen molar-refractivity contribution in [1.29, 1.82) is 0 Å². The fourth-order valence-corrected chi connectivity index (χ4v) is 5.35. The molecule has 4 rings (SSSR count). The van der Waals surface area contributed by atoms with Gasteiger partial charge < -0.3 is 9.47 Å². The molecule has 35 heavy (non-hydrogen) atoms. The first kappa shape index (κ1) is 25.6. The number of fused-ring (bicyclic) bond motifs is 1. The lowest BCUT2D eigenvalue weighted by atomic mass is 9.93. The summed E-state index contributed by atoms with van der Waals surface area (Å²) in [6.07, 6.45) is -2.95. The third-order valence-electron chi connectivity index (χ3n) is 6.93. The summed E-state index contributed by atoms with van der Waals surface area (Å²) in [4.78, 5) is 26.5. The summed E-state index contributed by atoms with van der Waals surface area (Å²) in [6.45, 7) is 4.17. The number of rotatable bonds is 4. The molecule has 2 aromatic carbocycles. The molecule has 0 radical (unpaired) electrons. The zero-order valence-electron chi connectivity index (χ0n) is 19.6. The minimum Gasteiger partial charge on any atom is -0.347 e. The zero-order valence-corrected chi connectivity index (χ0v) is 21.1. The van der Waals surface area contributed by atoms with Crippen LogP contribution in [0.25, 0.3) is 10.9 Å². The normalized spacial score (nSPS) is 15.1. The van der Waals surface area contributed by atoms with Gasteiger partial charge in [-0.25, -0.2) is 0 Å². The van der Waals surface area contributed by atoms with Crippen molar-refractivity contribution in [3.8, 4) is 0 Å². The Hall–Kier alpha value is -2.51. The molecule has 0 unspecified atom stereocenters. The lowest BCUT2D eigenvalue weighted by Gasteiger charge is -2.31. The van der Waals surface area contributed by atoms with Crippen LogP contribution < -0.4 is 0 Å². The van der Waals surface area contributed by atoms with Crippen LogP contribution in [0.2, 0.25) is 10.0 Å². The summed E-state index contributed by atoms with van der Waals surface area (Å²) in [5, 5.41) is 1.32. The Labute approximate surface area is 211 Å². The van der Waals surface area contributed by atoms with Gasteiger partial charge in [-0.1, -0.05) is 23.2 Å². The smallest absolute Gasteiger partial charge is 0.347 e. The topological polar surface area (TPSA) is 42.3 Å². The molecule has 0 atom stereocenters. The van der Waals surface area contributed by atoms with E-state index < -0.39 is 11.7 Å². The van der Waals surface area contributed by atoms with Gasteiger partial charge >= 0.3 is 6.18 Å². The molecule has 3 aromatic rings. The fraction of sp³-hybridized carbons (Fsp3) is 0.385. The van der Waals surface area contributed by atoms with Gasteiger partial charge in [-0.15, -0.1) is 0 Å². The van der Waals surface area contributed by atoms with Crippen LogP contribution in [0.1, 0.15) is 52.5 Å². The van der Waals surface area contributed by atoms with E-state index in [1.165, 1.54) is 0 Å². The third-order valence-corrected chi connectivity index (χ3v) is 7.71. The number of hydrogen-bond donors (Lipinski definition) is 0. The Kier molecular flexibility index (Phi) is 6.95. The van der Waals surface area contributed by atoms with E-state index >= 15 is 0 Å². The Bertz CT molecular complexity index is 1320. The van der Waals surface area contributed by atoms with Gasteiger partial charge in [0, 0.05) is 54.1 Å². The molecule has 1 fully saturated rings. The first-order valence-electron chi connectivity index (χ1n) is 11.3. The van der Waals surface area contributed by atoms with Crippen LogP contribution in [0.3, 0.4) is 0 Å². The first-order valence-corrected chi connectivity index (χ1v) is 12.1. The van der Waals surface area contributed by atoms with Gasteiger partial charge in [0.05, 0.1) is 16.1 Å². The molecule has 1 aliphatic heterocycles. The van der Waals surface area contributed by atoms with E-state index in [1.54, 1.807) is 42.5 Å². The Morgan fingerprint density at radius 2 is 1.74 bits per heavy atom. The minimum absolute atomic E-state index is 0.0249. The highest BCUT2D eigenvalue weighted by Crippen LogP contribution is 2.36. The third kappa shape index (κ3) is 4.94. The molecule has 0 N–H and O–H groups in total. The number of Topliss-reactive ketones (excluding diaryl/α,β-unsaturated/α-hetero) is 1. The van der Waals surface area contributed by atoms with Gasteiger partial charge in [0.25, 0.3) is 5.91 Å². The molecule has 0 bridgehead atoms. The molecule has 4 nitrogen and oxygen atoms in total. The maximum Gasteiger partial charge on any atom is 0.416 e. The molecular weight excluding hydrogens is 500 g/mol. The largest absolute Gasteiger partial charge is 0.416 e. The van der Waals surface area contributed by atoms with Crippen LogP contribution in [0.4, 0.5) is 13.2 Å². The number of hydrogen-bond acceptors (Lipinski definition) is 2. The number of piperidine rings is 1. The van der Waals surface area contributed by atoms with Crippen molar-refractivity contribution < 1.29 is 22.8 Å². The Morgan fingerprint density at radius 3 is 2.34 bits per heavy atom. The average Bonchev–Trinajstić information content (AvgIpc) is 3.11. The van der Waals surface area contributed by atoms with Crippen LogP contribution in [0, 0.1) is 12.8 Å². The van der Waals surface area contributed by atoms with E-state index in [-0.39, 0.29) is 29.1 Å². The van der Waals surface area contributed by atoms with Crippen molar-refractivity contribution in [2.45, 2.75) is 39.3 Å². The molecule has 1 aliphatic rings. The first-order chi connectivity index (χ1) is 16.4. The number of aryl methyl sites for hydroxylation is 2. The van der Waals surface area contributed by atoms with E-state index in [4.69, 9.17) is 23.2 Å². The predicted octanol–water partition coefficient (Wildman–Crippen LogP) is 6.84. The number of benzene rings is 2. The number of halogens is 5. The predicted molar refractivity (Wildman–Crippen MR) is 131 cm³/mol. The number of alkyl halides is 3. The van der Waals surface area contributed by atoms with Gasteiger partial charge in [0.15, 0.2) is 0 Å². The number of aromatic nitrogens is 1. The molecular formula is C26H25Cl2F3N2O2. The second-order valence-corrected chi connectivity index (χ2v) is 9.94. The van der Waals surface area contributed by atoms with E-state index in [0.29, 0.717) is 58.5 Å². The van der Waals surface area contributed by atoms with E-state index in [0.717, 1.165) is 17.8 Å². The lowest BCUT2D eigenvalue weighted by molar-refractivity contribution is -0.137. The molecule has 186 valence electrons.